The molecule has 1 aliphatic rings. The normalized spacial score (nSPS) is 14.8. The molecule has 1 N–H and O–H groups in total. The van der Waals surface area contributed by atoms with Gasteiger partial charge in [-0.25, -0.2) is 9.18 Å². The fourth-order valence-electron chi connectivity index (χ4n) is 1.91. The van der Waals surface area contributed by atoms with Crippen LogP contribution in [-0.4, -0.2) is 40.9 Å². The van der Waals surface area contributed by atoms with Gasteiger partial charge in [0, 0.05) is 12.8 Å². The monoisotopic (exact) mass is 281 g/mol. The molecule has 0 unspecified atom stereocenters. The number of hydrogen-bond acceptors (Lipinski definition) is 4. The molecule has 0 saturated carbocycles. The summed E-state index contributed by atoms with van der Waals surface area (Å²) in [6, 6.07) is 3.13. The Hall–Kier alpha value is -2.44. The number of amides is 2. The molecule has 106 valence electrons. The van der Waals surface area contributed by atoms with E-state index < -0.39 is 11.8 Å². The minimum Gasteiger partial charge on any atom is -0.491 e. The first kappa shape index (κ1) is 14.0. The van der Waals surface area contributed by atoms with Crippen molar-refractivity contribution in [2.24, 2.45) is 0 Å². The summed E-state index contributed by atoms with van der Waals surface area (Å²) >= 11 is 0. The van der Waals surface area contributed by atoms with Crippen molar-refractivity contribution in [3.05, 3.63) is 29.6 Å². The SMILES string of the molecule is O=C(O)c1cc(F)ccc1OCCN1C(=O)CCC1=O. The Bertz CT molecular complexity index is 556. The summed E-state index contributed by atoms with van der Waals surface area (Å²) in [4.78, 5) is 34.7. The van der Waals surface area contributed by atoms with Gasteiger partial charge in [0.1, 0.15) is 23.7 Å². The highest BCUT2D eigenvalue weighted by atomic mass is 19.1. The molecule has 1 heterocycles. The molecule has 0 aromatic heterocycles. The van der Waals surface area contributed by atoms with E-state index in [-0.39, 0.29) is 49.1 Å². The zero-order valence-corrected chi connectivity index (χ0v) is 10.5. The zero-order valence-electron chi connectivity index (χ0n) is 10.5. The summed E-state index contributed by atoms with van der Waals surface area (Å²) in [7, 11) is 0. The molecule has 2 amide bonds. The van der Waals surface area contributed by atoms with Gasteiger partial charge in [-0.2, -0.15) is 0 Å². The number of hydrogen-bond donors (Lipinski definition) is 1. The van der Waals surface area contributed by atoms with Crippen LogP contribution in [-0.2, 0) is 9.59 Å². The zero-order chi connectivity index (χ0) is 14.7. The van der Waals surface area contributed by atoms with Crippen molar-refractivity contribution in [1.29, 1.82) is 0 Å². The van der Waals surface area contributed by atoms with Gasteiger partial charge in [0.25, 0.3) is 0 Å². The lowest BCUT2D eigenvalue weighted by atomic mass is 10.2. The predicted octanol–water partition coefficient (Wildman–Crippen LogP) is 1.05. The summed E-state index contributed by atoms with van der Waals surface area (Å²) in [6.07, 6.45) is 0.380. The Morgan fingerprint density at radius 3 is 2.55 bits per heavy atom. The summed E-state index contributed by atoms with van der Waals surface area (Å²) < 4.78 is 18.2. The predicted molar refractivity (Wildman–Crippen MR) is 64.8 cm³/mol. The number of carboxylic acids is 1. The molecule has 0 aliphatic carbocycles. The minimum absolute atomic E-state index is 0.00186. The number of imide groups is 1. The maximum atomic E-state index is 13.0. The van der Waals surface area contributed by atoms with Crippen LogP contribution in [0.25, 0.3) is 0 Å². The molecule has 0 bridgehead atoms. The van der Waals surface area contributed by atoms with E-state index in [1.165, 1.54) is 6.07 Å². The lowest BCUT2D eigenvalue weighted by Crippen LogP contribution is -2.33. The Balaban J connectivity index is 1.99. The number of benzene rings is 1. The number of ether oxygens (including phenoxy) is 1. The van der Waals surface area contributed by atoms with Gasteiger partial charge in [-0.15, -0.1) is 0 Å². The van der Waals surface area contributed by atoms with Crippen molar-refractivity contribution in [3.63, 3.8) is 0 Å². The van der Waals surface area contributed by atoms with E-state index in [4.69, 9.17) is 9.84 Å². The van der Waals surface area contributed by atoms with Gasteiger partial charge < -0.3 is 9.84 Å². The van der Waals surface area contributed by atoms with E-state index in [0.717, 1.165) is 17.0 Å². The number of likely N-dealkylation sites (tertiary alicyclic amines) is 1. The van der Waals surface area contributed by atoms with Crippen molar-refractivity contribution >= 4 is 17.8 Å². The summed E-state index contributed by atoms with van der Waals surface area (Å²) in [6.45, 7) is 0.0114. The van der Waals surface area contributed by atoms with Crippen LogP contribution < -0.4 is 4.74 Å². The highest BCUT2D eigenvalue weighted by Crippen LogP contribution is 2.20. The quantitative estimate of drug-likeness (QED) is 0.816. The number of halogens is 1. The average molecular weight is 281 g/mol. The molecule has 1 aliphatic heterocycles. The molecule has 6 nitrogen and oxygen atoms in total. The van der Waals surface area contributed by atoms with Crippen LogP contribution in [0.2, 0.25) is 0 Å². The van der Waals surface area contributed by atoms with Crippen molar-refractivity contribution in [2.45, 2.75) is 12.8 Å². The third kappa shape index (κ3) is 2.93. The first-order valence-electron chi connectivity index (χ1n) is 5.98. The highest BCUT2D eigenvalue weighted by molar-refractivity contribution is 6.01. The van der Waals surface area contributed by atoms with Gasteiger partial charge in [0.05, 0.1) is 6.54 Å². The fraction of sp³-hybridized carbons (Fsp3) is 0.308. The Morgan fingerprint density at radius 2 is 1.95 bits per heavy atom. The molecule has 1 aromatic carbocycles. The number of aromatic carboxylic acids is 1. The largest absolute Gasteiger partial charge is 0.491 e. The van der Waals surface area contributed by atoms with E-state index >= 15 is 0 Å². The maximum Gasteiger partial charge on any atom is 0.339 e. The lowest BCUT2D eigenvalue weighted by molar-refractivity contribution is -0.138. The van der Waals surface area contributed by atoms with Crippen molar-refractivity contribution in [1.82, 2.24) is 4.90 Å². The molecule has 7 heteroatoms. The van der Waals surface area contributed by atoms with E-state index in [2.05, 4.69) is 0 Å². The Labute approximate surface area is 113 Å². The van der Waals surface area contributed by atoms with E-state index in [0.29, 0.717) is 0 Å². The standard InChI is InChI=1S/C13H12FNO5/c14-8-1-2-10(9(7-8)13(18)19)20-6-5-15-11(16)3-4-12(15)17/h1-2,7H,3-6H2,(H,18,19). The Kier molecular flexibility index (Phi) is 3.97. The molecule has 1 saturated heterocycles. The second-order valence-corrected chi connectivity index (χ2v) is 4.23. The van der Waals surface area contributed by atoms with Crippen LogP contribution in [0.15, 0.2) is 18.2 Å². The first-order valence-corrected chi connectivity index (χ1v) is 5.98. The molecule has 0 radical (unpaired) electrons. The van der Waals surface area contributed by atoms with Crippen LogP contribution in [0.5, 0.6) is 5.75 Å². The number of carbonyl (C=O) groups excluding carboxylic acids is 2. The second kappa shape index (κ2) is 5.68. The minimum atomic E-state index is -1.31. The average Bonchev–Trinajstić information content (AvgIpc) is 2.71. The van der Waals surface area contributed by atoms with Gasteiger partial charge >= 0.3 is 5.97 Å². The fourth-order valence-corrected chi connectivity index (χ4v) is 1.91. The molecule has 1 fully saturated rings. The van der Waals surface area contributed by atoms with Crippen molar-refractivity contribution in [2.75, 3.05) is 13.2 Å². The van der Waals surface area contributed by atoms with Crippen LogP contribution in [0.4, 0.5) is 4.39 Å². The van der Waals surface area contributed by atoms with Gasteiger partial charge in [-0.1, -0.05) is 0 Å². The smallest absolute Gasteiger partial charge is 0.339 e. The summed E-state index contributed by atoms with van der Waals surface area (Å²) in [5.41, 5.74) is -0.302. The lowest BCUT2D eigenvalue weighted by Gasteiger charge is -2.15. The maximum absolute atomic E-state index is 13.0. The molecule has 20 heavy (non-hydrogen) atoms. The Morgan fingerprint density at radius 1 is 1.30 bits per heavy atom. The van der Waals surface area contributed by atoms with E-state index in [9.17, 15) is 18.8 Å². The molecule has 1 aromatic rings. The van der Waals surface area contributed by atoms with E-state index in [1.807, 2.05) is 0 Å². The first-order chi connectivity index (χ1) is 9.49. The number of carboxylic acid groups (broad SMARTS) is 1. The third-order valence-corrected chi connectivity index (χ3v) is 2.90. The molecule has 2 rings (SSSR count). The number of carbonyl (C=O) groups is 3. The van der Waals surface area contributed by atoms with Gasteiger partial charge in [0.15, 0.2) is 0 Å². The van der Waals surface area contributed by atoms with Crippen molar-refractivity contribution in [3.8, 4) is 5.75 Å². The highest BCUT2D eigenvalue weighted by Gasteiger charge is 2.28. The van der Waals surface area contributed by atoms with Gasteiger partial charge in [0.2, 0.25) is 11.8 Å². The topological polar surface area (TPSA) is 83.9 Å². The molecular weight excluding hydrogens is 269 g/mol. The summed E-state index contributed by atoms with van der Waals surface area (Å²) in [5, 5.41) is 8.92. The number of rotatable bonds is 5. The van der Waals surface area contributed by atoms with Gasteiger partial charge in [-0.3, -0.25) is 14.5 Å². The molecule has 0 atom stereocenters. The van der Waals surface area contributed by atoms with Crippen molar-refractivity contribution < 1.29 is 28.6 Å². The van der Waals surface area contributed by atoms with Crippen LogP contribution in [0.1, 0.15) is 23.2 Å². The summed E-state index contributed by atoms with van der Waals surface area (Å²) in [5.74, 6) is -2.53. The third-order valence-electron chi connectivity index (χ3n) is 2.90. The molecule has 0 spiro atoms. The second-order valence-electron chi connectivity index (χ2n) is 4.23. The molecular formula is C13H12FNO5. The van der Waals surface area contributed by atoms with Crippen LogP contribution in [0.3, 0.4) is 0 Å². The van der Waals surface area contributed by atoms with Crippen LogP contribution in [0, 0.1) is 5.82 Å². The number of nitrogens with zero attached hydrogens (tertiary/aromatic N) is 1. The van der Waals surface area contributed by atoms with Gasteiger partial charge in [-0.05, 0) is 18.2 Å². The van der Waals surface area contributed by atoms with E-state index in [1.54, 1.807) is 0 Å². The van der Waals surface area contributed by atoms with Crippen LogP contribution >= 0.6 is 0 Å².